The van der Waals surface area contributed by atoms with Gasteiger partial charge in [0.2, 0.25) is 10.0 Å². The molecular formula is C24H32N6O4S. The van der Waals surface area contributed by atoms with E-state index >= 15 is 0 Å². The molecule has 6 N–H and O–H groups in total. The molecule has 35 heavy (non-hydrogen) atoms. The first-order valence-electron chi connectivity index (χ1n) is 11.8. The van der Waals surface area contributed by atoms with Crippen molar-refractivity contribution in [2.45, 2.75) is 49.1 Å². The summed E-state index contributed by atoms with van der Waals surface area (Å²) in [5.41, 5.74) is 4.46. The van der Waals surface area contributed by atoms with Crippen LogP contribution in [0.2, 0.25) is 0 Å². The second-order valence-corrected chi connectivity index (χ2v) is 11.2. The molecule has 4 rings (SSSR count). The highest BCUT2D eigenvalue weighted by Gasteiger charge is 2.52. The molecule has 1 heterocycles. The van der Waals surface area contributed by atoms with E-state index in [9.17, 15) is 18.0 Å². The van der Waals surface area contributed by atoms with Crippen molar-refractivity contribution in [3.05, 3.63) is 42.5 Å². The summed E-state index contributed by atoms with van der Waals surface area (Å²) < 4.78 is 28.3. The highest BCUT2D eigenvalue weighted by molar-refractivity contribution is 7.89. The molecule has 188 valence electrons. The fraction of sp³-hybridized carbons (Fsp3) is 0.458. The van der Waals surface area contributed by atoms with Crippen molar-refractivity contribution in [3.63, 3.8) is 0 Å². The summed E-state index contributed by atoms with van der Waals surface area (Å²) in [6.07, 6.45) is 2.58. The number of nitrogens with one attached hydrogen (secondary N) is 4. The van der Waals surface area contributed by atoms with Gasteiger partial charge in [0.15, 0.2) is 11.7 Å². The van der Waals surface area contributed by atoms with Crippen LogP contribution in [-0.4, -0.2) is 62.3 Å². The molecule has 1 aliphatic heterocycles. The second kappa shape index (κ2) is 9.82. The van der Waals surface area contributed by atoms with Gasteiger partial charge in [-0.3, -0.25) is 10.2 Å². The van der Waals surface area contributed by atoms with Crippen LogP contribution in [-0.2, 0) is 14.8 Å². The summed E-state index contributed by atoms with van der Waals surface area (Å²) in [5, 5.41) is 14.8. The van der Waals surface area contributed by atoms with Crippen LogP contribution in [0.4, 0.5) is 4.79 Å². The first-order chi connectivity index (χ1) is 16.6. The third-order valence-electron chi connectivity index (χ3n) is 6.84. The molecule has 0 aromatic heterocycles. The average Bonchev–Trinajstić information content (AvgIpc) is 3.62. The van der Waals surface area contributed by atoms with E-state index in [4.69, 9.17) is 11.1 Å². The zero-order chi connectivity index (χ0) is 25.2. The number of hydrogen-bond donors (Lipinski definition) is 5. The first-order valence-corrected chi connectivity index (χ1v) is 13.3. The number of benzene rings is 2. The average molecular weight is 501 g/mol. The molecule has 1 saturated heterocycles. The number of guanidine groups is 1. The van der Waals surface area contributed by atoms with Crippen molar-refractivity contribution in [2.24, 2.45) is 11.7 Å². The molecule has 1 atom stereocenters. The zero-order valence-electron chi connectivity index (χ0n) is 19.7. The number of hydrogen-bond acceptors (Lipinski definition) is 5. The van der Waals surface area contributed by atoms with Crippen molar-refractivity contribution in [2.75, 3.05) is 19.6 Å². The number of sulfonamides is 1. The minimum Gasteiger partial charge on any atom is -0.370 e. The number of carbonyl (C=O) groups is 2. The Bertz CT molecular complexity index is 1240. The molecule has 2 aliphatic rings. The van der Waals surface area contributed by atoms with Gasteiger partial charge in [-0.1, -0.05) is 30.3 Å². The van der Waals surface area contributed by atoms with E-state index in [-0.39, 0.29) is 22.6 Å². The molecule has 2 fully saturated rings. The first kappa shape index (κ1) is 24.9. The number of carbonyl (C=O) groups excluding carboxylic acids is 2. The minimum absolute atomic E-state index is 0.0636. The van der Waals surface area contributed by atoms with Gasteiger partial charge in [-0.2, -0.15) is 0 Å². The number of urea groups is 1. The van der Waals surface area contributed by atoms with E-state index in [0.717, 1.165) is 23.6 Å². The van der Waals surface area contributed by atoms with Crippen molar-refractivity contribution >= 4 is 38.6 Å². The van der Waals surface area contributed by atoms with E-state index in [0.29, 0.717) is 32.5 Å². The number of rotatable bonds is 8. The van der Waals surface area contributed by atoms with Gasteiger partial charge < -0.3 is 21.3 Å². The summed E-state index contributed by atoms with van der Waals surface area (Å²) in [4.78, 5) is 27.5. The van der Waals surface area contributed by atoms with Crippen LogP contribution in [0, 0.1) is 11.3 Å². The zero-order valence-corrected chi connectivity index (χ0v) is 20.5. The Labute approximate surface area is 205 Å². The lowest BCUT2D eigenvalue weighted by Crippen LogP contribution is -2.54. The summed E-state index contributed by atoms with van der Waals surface area (Å²) in [5.74, 6) is -0.0182. The van der Waals surface area contributed by atoms with Gasteiger partial charge in [0.1, 0.15) is 5.54 Å². The molecule has 1 aliphatic carbocycles. The standard InChI is InChI=1S/C24H32N6O4S/c1-16(29-35(33,34)20-7-6-18-4-2-3-5-19(18)14-20)21(31)24(10-11-24)28-23(32)27-15-17-8-12-30(13-9-17)22(25)26/h2-7,14,16-17,29H,8-13,15H2,1H3,(H3,25,26)(H2,27,28,32). The number of likely N-dealkylation sites (tertiary alicyclic amines) is 1. The predicted molar refractivity (Wildman–Crippen MR) is 133 cm³/mol. The monoisotopic (exact) mass is 500 g/mol. The van der Waals surface area contributed by atoms with Gasteiger partial charge in [-0.15, -0.1) is 0 Å². The number of Topliss-reactive ketones (excluding diaryl/α,β-unsaturated/α-hetero) is 1. The number of piperidine rings is 1. The fourth-order valence-corrected chi connectivity index (χ4v) is 5.78. The third kappa shape index (κ3) is 5.73. The molecule has 0 radical (unpaired) electrons. The summed E-state index contributed by atoms with van der Waals surface area (Å²) >= 11 is 0. The number of fused-ring (bicyclic) bond motifs is 1. The van der Waals surface area contributed by atoms with Crippen molar-refractivity contribution < 1.29 is 18.0 Å². The van der Waals surface area contributed by atoms with Gasteiger partial charge in [0.25, 0.3) is 0 Å². The Hall–Kier alpha value is -3.18. The van der Waals surface area contributed by atoms with E-state index in [1.165, 1.54) is 13.0 Å². The van der Waals surface area contributed by atoms with Crippen LogP contribution in [0.3, 0.4) is 0 Å². The van der Waals surface area contributed by atoms with Gasteiger partial charge in [0.05, 0.1) is 10.9 Å². The normalized spacial score (nSPS) is 18.6. The Morgan fingerprint density at radius 3 is 2.43 bits per heavy atom. The largest absolute Gasteiger partial charge is 0.370 e. The highest BCUT2D eigenvalue weighted by Crippen LogP contribution is 2.37. The molecule has 11 heteroatoms. The van der Waals surface area contributed by atoms with Gasteiger partial charge >= 0.3 is 6.03 Å². The fourth-order valence-electron chi connectivity index (χ4n) is 4.54. The molecular weight excluding hydrogens is 468 g/mol. The molecule has 1 unspecified atom stereocenters. The second-order valence-electron chi connectivity index (χ2n) is 9.45. The predicted octanol–water partition coefficient (Wildman–Crippen LogP) is 1.51. The van der Waals surface area contributed by atoms with Crippen LogP contribution < -0.4 is 21.1 Å². The van der Waals surface area contributed by atoms with Gasteiger partial charge in [-0.05, 0) is 61.4 Å². The smallest absolute Gasteiger partial charge is 0.315 e. The highest BCUT2D eigenvalue weighted by atomic mass is 32.2. The van der Waals surface area contributed by atoms with Crippen LogP contribution in [0.25, 0.3) is 10.8 Å². The number of ketones is 1. The molecule has 1 saturated carbocycles. The Morgan fingerprint density at radius 2 is 1.80 bits per heavy atom. The molecule has 0 bridgehead atoms. The summed E-state index contributed by atoms with van der Waals surface area (Å²) in [6, 6.07) is 10.8. The van der Waals surface area contributed by atoms with Crippen LogP contribution in [0.5, 0.6) is 0 Å². The topological polar surface area (TPSA) is 157 Å². The summed E-state index contributed by atoms with van der Waals surface area (Å²) in [6.45, 7) is 3.33. The Morgan fingerprint density at radius 1 is 1.14 bits per heavy atom. The molecule has 0 spiro atoms. The SMILES string of the molecule is CC(NS(=O)(=O)c1ccc2ccccc2c1)C(=O)C1(NC(=O)NCC2CCN(C(=N)N)CC2)CC1. The lowest BCUT2D eigenvalue weighted by Gasteiger charge is -2.32. The van der Waals surface area contributed by atoms with E-state index in [1.54, 1.807) is 17.0 Å². The van der Waals surface area contributed by atoms with Crippen LogP contribution in [0.15, 0.2) is 47.4 Å². The van der Waals surface area contributed by atoms with Gasteiger partial charge in [0, 0.05) is 19.6 Å². The third-order valence-corrected chi connectivity index (χ3v) is 8.38. The maximum absolute atomic E-state index is 13.1. The molecule has 10 nitrogen and oxygen atoms in total. The van der Waals surface area contributed by atoms with Gasteiger partial charge in [-0.25, -0.2) is 17.9 Å². The van der Waals surface area contributed by atoms with Crippen LogP contribution >= 0.6 is 0 Å². The van der Waals surface area contributed by atoms with Crippen molar-refractivity contribution in [1.29, 1.82) is 5.41 Å². The lowest BCUT2D eigenvalue weighted by atomic mass is 9.97. The maximum Gasteiger partial charge on any atom is 0.315 e. The van der Waals surface area contributed by atoms with Crippen molar-refractivity contribution in [3.8, 4) is 0 Å². The number of nitrogens with zero attached hydrogens (tertiary/aromatic N) is 1. The quantitative estimate of drug-likeness (QED) is 0.273. The molecule has 2 amide bonds. The summed E-state index contributed by atoms with van der Waals surface area (Å²) in [7, 11) is -3.92. The maximum atomic E-state index is 13.1. The van der Waals surface area contributed by atoms with E-state index in [2.05, 4.69) is 15.4 Å². The van der Waals surface area contributed by atoms with Crippen LogP contribution in [0.1, 0.15) is 32.6 Å². The number of amides is 2. The van der Waals surface area contributed by atoms with E-state index in [1.807, 2.05) is 24.3 Å². The lowest BCUT2D eigenvalue weighted by molar-refractivity contribution is -0.123. The Balaban J connectivity index is 1.31. The molecule has 2 aromatic rings. The number of nitrogens with two attached hydrogens (primary N) is 1. The van der Waals surface area contributed by atoms with Crippen molar-refractivity contribution in [1.82, 2.24) is 20.3 Å². The van der Waals surface area contributed by atoms with E-state index < -0.39 is 27.6 Å². The molecule has 2 aromatic carbocycles. The minimum atomic E-state index is -3.92. The Kier molecular flexibility index (Phi) is 7.00.